The highest BCUT2D eigenvalue weighted by molar-refractivity contribution is 5.94. The number of hydrogen-bond acceptors (Lipinski definition) is 2. The molecular weight excluding hydrogens is 190 g/mol. The first-order chi connectivity index (χ1) is 6.93. The molecule has 0 saturated heterocycles. The van der Waals surface area contributed by atoms with Gasteiger partial charge in [0.1, 0.15) is 5.78 Å². The number of amides is 1. The average Bonchev–Trinajstić information content (AvgIpc) is 2.92. The maximum Gasteiger partial charge on any atom is 0.223 e. The molecule has 1 N–H and O–H groups in total. The Morgan fingerprint density at radius 2 is 1.80 bits per heavy atom. The fourth-order valence-corrected chi connectivity index (χ4v) is 1.66. The van der Waals surface area contributed by atoms with Crippen molar-refractivity contribution in [3.63, 3.8) is 0 Å². The Kier molecular flexibility index (Phi) is 3.89. The second-order valence-electron chi connectivity index (χ2n) is 5.14. The van der Waals surface area contributed by atoms with Gasteiger partial charge in [0.05, 0.1) is 0 Å². The Morgan fingerprint density at radius 3 is 2.27 bits per heavy atom. The van der Waals surface area contributed by atoms with Gasteiger partial charge in [-0.3, -0.25) is 9.59 Å². The first-order valence-electron chi connectivity index (χ1n) is 5.75. The van der Waals surface area contributed by atoms with Crippen LogP contribution in [0.5, 0.6) is 0 Å². The van der Waals surface area contributed by atoms with Crippen LogP contribution in [0.15, 0.2) is 0 Å². The second-order valence-corrected chi connectivity index (χ2v) is 5.14. The van der Waals surface area contributed by atoms with Gasteiger partial charge in [-0.2, -0.15) is 0 Å². The van der Waals surface area contributed by atoms with Gasteiger partial charge >= 0.3 is 0 Å². The van der Waals surface area contributed by atoms with Crippen molar-refractivity contribution in [2.45, 2.75) is 34.1 Å². The maximum atomic E-state index is 11.6. The van der Waals surface area contributed by atoms with Gasteiger partial charge < -0.3 is 5.32 Å². The van der Waals surface area contributed by atoms with Crippen LogP contribution in [-0.2, 0) is 9.59 Å². The summed E-state index contributed by atoms with van der Waals surface area (Å²) in [6, 6.07) is 0. The smallest absolute Gasteiger partial charge is 0.223 e. The topological polar surface area (TPSA) is 46.2 Å². The summed E-state index contributed by atoms with van der Waals surface area (Å²) < 4.78 is 0. The van der Waals surface area contributed by atoms with Crippen LogP contribution in [-0.4, -0.2) is 18.2 Å². The number of ketones is 1. The van der Waals surface area contributed by atoms with Gasteiger partial charge in [-0.25, -0.2) is 0 Å². The molecule has 1 fully saturated rings. The number of rotatable bonds is 5. The fourth-order valence-electron chi connectivity index (χ4n) is 1.66. The van der Waals surface area contributed by atoms with Crippen LogP contribution < -0.4 is 5.32 Å². The van der Waals surface area contributed by atoms with Crippen molar-refractivity contribution in [1.29, 1.82) is 0 Å². The minimum absolute atomic E-state index is 0.00263. The van der Waals surface area contributed by atoms with Crippen molar-refractivity contribution in [3.8, 4) is 0 Å². The van der Waals surface area contributed by atoms with Crippen LogP contribution in [0.25, 0.3) is 0 Å². The SMILES string of the molecule is CC(C)CNC(=O)C1CC1C(=O)C(C)C. The Balaban J connectivity index is 2.31. The molecule has 15 heavy (non-hydrogen) atoms. The summed E-state index contributed by atoms with van der Waals surface area (Å²) in [7, 11) is 0. The maximum absolute atomic E-state index is 11.6. The molecule has 0 radical (unpaired) electrons. The van der Waals surface area contributed by atoms with Gasteiger partial charge in [-0.05, 0) is 12.3 Å². The number of hydrogen-bond donors (Lipinski definition) is 1. The van der Waals surface area contributed by atoms with Gasteiger partial charge in [-0.1, -0.05) is 27.7 Å². The zero-order valence-electron chi connectivity index (χ0n) is 10.0. The summed E-state index contributed by atoms with van der Waals surface area (Å²) in [5.74, 6) is 0.767. The molecule has 0 heterocycles. The number of carbonyl (C=O) groups is 2. The summed E-state index contributed by atoms with van der Waals surface area (Å²) >= 11 is 0. The van der Waals surface area contributed by atoms with Crippen LogP contribution in [0.2, 0.25) is 0 Å². The lowest BCUT2D eigenvalue weighted by molar-refractivity contribution is -0.127. The third-order valence-corrected chi connectivity index (χ3v) is 2.75. The summed E-state index contributed by atoms with van der Waals surface area (Å²) in [6.07, 6.45) is 0.751. The molecule has 3 heteroatoms. The quantitative estimate of drug-likeness (QED) is 0.751. The second kappa shape index (κ2) is 4.77. The number of carbonyl (C=O) groups excluding carboxylic acids is 2. The summed E-state index contributed by atoms with van der Waals surface area (Å²) in [4.78, 5) is 23.2. The highest BCUT2D eigenvalue weighted by Crippen LogP contribution is 2.40. The lowest BCUT2D eigenvalue weighted by Crippen LogP contribution is -2.30. The van der Waals surface area contributed by atoms with E-state index in [9.17, 15) is 9.59 Å². The molecule has 1 rings (SSSR count). The highest BCUT2D eigenvalue weighted by atomic mass is 16.2. The molecule has 1 aliphatic carbocycles. The molecule has 0 aromatic rings. The third-order valence-electron chi connectivity index (χ3n) is 2.75. The monoisotopic (exact) mass is 211 g/mol. The van der Waals surface area contributed by atoms with E-state index < -0.39 is 0 Å². The van der Waals surface area contributed by atoms with Gasteiger partial charge in [-0.15, -0.1) is 0 Å². The van der Waals surface area contributed by atoms with Crippen LogP contribution in [0.1, 0.15) is 34.1 Å². The molecule has 0 spiro atoms. The van der Waals surface area contributed by atoms with Gasteiger partial charge in [0.15, 0.2) is 0 Å². The molecule has 0 aromatic carbocycles. The molecule has 0 aromatic heterocycles. The van der Waals surface area contributed by atoms with Gasteiger partial charge in [0, 0.05) is 24.3 Å². The zero-order valence-corrected chi connectivity index (χ0v) is 10.0. The third kappa shape index (κ3) is 3.33. The summed E-state index contributed by atoms with van der Waals surface area (Å²) in [5.41, 5.74) is 0. The summed E-state index contributed by atoms with van der Waals surface area (Å²) in [6.45, 7) is 8.61. The van der Waals surface area contributed by atoms with Gasteiger partial charge in [0.25, 0.3) is 0 Å². The molecule has 2 unspecified atom stereocenters. The predicted molar refractivity (Wildman–Crippen MR) is 59.3 cm³/mol. The van der Waals surface area contributed by atoms with Crippen molar-refractivity contribution in [3.05, 3.63) is 0 Å². The van der Waals surface area contributed by atoms with E-state index in [4.69, 9.17) is 0 Å². The van der Waals surface area contributed by atoms with E-state index in [0.29, 0.717) is 12.5 Å². The first kappa shape index (κ1) is 12.2. The molecule has 2 atom stereocenters. The minimum Gasteiger partial charge on any atom is -0.356 e. The van der Waals surface area contributed by atoms with Crippen LogP contribution in [0, 0.1) is 23.7 Å². The molecule has 3 nitrogen and oxygen atoms in total. The average molecular weight is 211 g/mol. The van der Waals surface area contributed by atoms with Crippen LogP contribution >= 0.6 is 0 Å². The molecular formula is C12H21NO2. The first-order valence-corrected chi connectivity index (χ1v) is 5.75. The van der Waals surface area contributed by atoms with E-state index in [1.165, 1.54) is 0 Å². The molecule has 86 valence electrons. The van der Waals surface area contributed by atoms with E-state index in [-0.39, 0.29) is 29.4 Å². The summed E-state index contributed by atoms with van der Waals surface area (Å²) in [5, 5.41) is 2.88. The standard InChI is InChI=1S/C12H21NO2/c1-7(2)6-13-12(15)10-5-9(10)11(14)8(3)4/h7-10H,5-6H2,1-4H3,(H,13,15). The predicted octanol–water partition coefficient (Wildman–Crippen LogP) is 1.62. The molecule has 1 aliphatic rings. The van der Waals surface area contributed by atoms with Crippen molar-refractivity contribution in [2.24, 2.45) is 23.7 Å². The van der Waals surface area contributed by atoms with E-state index >= 15 is 0 Å². The van der Waals surface area contributed by atoms with Crippen LogP contribution in [0.3, 0.4) is 0 Å². The Bertz CT molecular complexity index is 258. The highest BCUT2D eigenvalue weighted by Gasteiger charge is 2.47. The molecule has 0 aliphatic heterocycles. The number of Topliss-reactive ketones (excluding diaryl/α,β-unsaturated/α-hetero) is 1. The van der Waals surface area contributed by atoms with Crippen molar-refractivity contribution >= 4 is 11.7 Å². The molecule has 0 bridgehead atoms. The van der Waals surface area contributed by atoms with E-state index in [1.807, 2.05) is 13.8 Å². The normalized spacial score (nSPS) is 24.4. The van der Waals surface area contributed by atoms with Gasteiger partial charge in [0.2, 0.25) is 5.91 Å². The lowest BCUT2D eigenvalue weighted by Gasteiger charge is -2.07. The molecule has 1 saturated carbocycles. The Hall–Kier alpha value is -0.860. The van der Waals surface area contributed by atoms with Crippen molar-refractivity contribution in [1.82, 2.24) is 5.32 Å². The Morgan fingerprint density at radius 1 is 1.20 bits per heavy atom. The number of nitrogens with one attached hydrogen (secondary N) is 1. The Labute approximate surface area is 91.6 Å². The lowest BCUT2D eigenvalue weighted by atomic mass is 10.0. The van der Waals surface area contributed by atoms with Crippen molar-refractivity contribution in [2.75, 3.05) is 6.54 Å². The largest absolute Gasteiger partial charge is 0.356 e. The fraction of sp³-hybridized carbons (Fsp3) is 0.833. The van der Waals surface area contributed by atoms with E-state index in [2.05, 4.69) is 19.2 Å². The zero-order chi connectivity index (χ0) is 11.6. The minimum atomic E-state index is -0.0429. The van der Waals surface area contributed by atoms with Crippen molar-refractivity contribution < 1.29 is 9.59 Å². The van der Waals surface area contributed by atoms with E-state index in [0.717, 1.165) is 6.42 Å². The van der Waals surface area contributed by atoms with E-state index in [1.54, 1.807) is 0 Å². The molecule has 1 amide bonds. The van der Waals surface area contributed by atoms with Crippen LogP contribution in [0.4, 0.5) is 0 Å².